The molecule has 4 rings (SSSR count). The molecule has 0 spiro atoms. The van der Waals surface area contributed by atoms with Crippen molar-refractivity contribution in [2.75, 3.05) is 26.2 Å². The molecule has 31 heavy (non-hydrogen) atoms. The van der Waals surface area contributed by atoms with Crippen LogP contribution >= 0.6 is 0 Å². The number of morpholine rings is 1. The number of amides is 1. The van der Waals surface area contributed by atoms with Crippen molar-refractivity contribution in [3.8, 4) is 0 Å². The molecule has 2 bridgehead atoms. The van der Waals surface area contributed by atoms with E-state index in [2.05, 4.69) is 34.5 Å². The fourth-order valence-electron chi connectivity index (χ4n) is 5.99. The predicted octanol–water partition coefficient (Wildman–Crippen LogP) is 3.11. The molecular weight excluding hydrogens is 392 g/mol. The lowest BCUT2D eigenvalue weighted by Crippen LogP contribution is -2.55. The monoisotopic (exact) mass is 428 g/mol. The summed E-state index contributed by atoms with van der Waals surface area (Å²) < 4.78 is 5.82. The maximum absolute atomic E-state index is 13.0. The number of benzene rings is 1. The van der Waals surface area contributed by atoms with Crippen molar-refractivity contribution in [2.24, 2.45) is 17.3 Å². The largest absolute Gasteiger partial charge is 0.481 e. The summed E-state index contributed by atoms with van der Waals surface area (Å²) in [5, 5.41) is 13.1. The standard InChI is InChI=1S/C25H36N2O4/c1-2-25(24(29)30)15-19-8-9-21(20(14-19)16-25)26-23(28)22-17-27(12-13-31-22)11-10-18-6-4-3-5-7-18/h3-7,19-22H,2,8-17H2,1H3,(H,26,28)(H,29,30)/t19?,20?,21?,22-,25-/m1/s1. The lowest BCUT2D eigenvalue weighted by Gasteiger charge is -2.48. The quantitative estimate of drug-likeness (QED) is 0.698. The van der Waals surface area contributed by atoms with Gasteiger partial charge in [0.15, 0.2) is 0 Å². The van der Waals surface area contributed by atoms with Crippen LogP contribution in [0.2, 0.25) is 0 Å². The fourth-order valence-corrected chi connectivity index (χ4v) is 5.99. The fraction of sp³-hybridized carbons (Fsp3) is 0.680. The summed E-state index contributed by atoms with van der Waals surface area (Å²) in [4.78, 5) is 27.3. The molecule has 1 amide bonds. The van der Waals surface area contributed by atoms with Gasteiger partial charge < -0.3 is 15.2 Å². The number of carbonyl (C=O) groups is 2. The van der Waals surface area contributed by atoms with Crippen LogP contribution in [0.15, 0.2) is 30.3 Å². The molecule has 0 aromatic heterocycles. The molecule has 1 saturated heterocycles. The van der Waals surface area contributed by atoms with Gasteiger partial charge in [-0.05, 0) is 62.3 Å². The Morgan fingerprint density at radius 3 is 2.77 bits per heavy atom. The number of fused-ring (bicyclic) bond motifs is 2. The number of ether oxygens (including phenoxy) is 1. The van der Waals surface area contributed by atoms with Crippen LogP contribution in [0.4, 0.5) is 0 Å². The van der Waals surface area contributed by atoms with Crippen molar-refractivity contribution in [2.45, 2.75) is 64.0 Å². The summed E-state index contributed by atoms with van der Waals surface area (Å²) in [7, 11) is 0. The van der Waals surface area contributed by atoms with Crippen LogP contribution in [0.25, 0.3) is 0 Å². The molecule has 1 aromatic rings. The van der Waals surface area contributed by atoms with Crippen LogP contribution in [-0.2, 0) is 20.7 Å². The van der Waals surface area contributed by atoms with E-state index < -0.39 is 17.5 Å². The second-order valence-electron chi connectivity index (χ2n) is 9.80. The highest BCUT2D eigenvalue weighted by molar-refractivity contribution is 5.81. The van der Waals surface area contributed by atoms with E-state index in [1.165, 1.54) is 5.56 Å². The zero-order valence-electron chi connectivity index (χ0n) is 18.6. The van der Waals surface area contributed by atoms with Gasteiger partial charge >= 0.3 is 5.97 Å². The minimum absolute atomic E-state index is 0.0316. The van der Waals surface area contributed by atoms with E-state index in [0.29, 0.717) is 31.9 Å². The SMILES string of the molecule is CC[C@@]1(C(=O)O)CC2CCC(NC(=O)[C@H]3CN(CCc4ccccc4)CCO3)C(C2)C1. The summed E-state index contributed by atoms with van der Waals surface area (Å²) >= 11 is 0. The minimum Gasteiger partial charge on any atom is -0.481 e. The first-order valence-corrected chi connectivity index (χ1v) is 11.9. The van der Waals surface area contributed by atoms with Crippen LogP contribution in [0.5, 0.6) is 0 Å². The number of nitrogens with zero attached hydrogens (tertiary/aromatic N) is 1. The van der Waals surface area contributed by atoms with E-state index in [-0.39, 0.29) is 17.9 Å². The minimum atomic E-state index is -0.665. The highest BCUT2D eigenvalue weighted by Crippen LogP contribution is 2.50. The van der Waals surface area contributed by atoms with Crippen molar-refractivity contribution >= 4 is 11.9 Å². The maximum atomic E-state index is 13.0. The van der Waals surface area contributed by atoms with Gasteiger partial charge in [-0.15, -0.1) is 0 Å². The first-order chi connectivity index (χ1) is 15.0. The lowest BCUT2D eigenvalue weighted by molar-refractivity contribution is -0.155. The molecule has 3 aliphatic rings. The number of carboxylic acid groups (broad SMARTS) is 1. The van der Waals surface area contributed by atoms with E-state index in [9.17, 15) is 14.7 Å². The number of carboxylic acids is 1. The molecule has 1 heterocycles. The summed E-state index contributed by atoms with van der Waals surface area (Å²) in [6.07, 6.45) is 5.65. The Kier molecular flexibility index (Phi) is 6.97. The molecule has 2 N–H and O–H groups in total. The molecule has 1 aromatic carbocycles. The summed E-state index contributed by atoms with van der Waals surface area (Å²) in [6.45, 7) is 4.95. The molecule has 5 atom stereocenters. The smallest absolute Gasteiger partial charge is 0.309 e. The van der Waals surface area contributed by atoms with E-state index >= 15 is 0 Å². The highest BCUT2D eigenvalue weighted by atomic mass is 16.5. The van der Waals surface area contributed by atoms with Crippen molar-refractivity contribution in [3.05, 3.63) is 35.9 Å². The number of rotatable bonds is 7. The van der Waals surface area contributed by atoms with Gasteiger partial charge in [0.25, 0.3) is 5.91 Å². The molecule has 3 unspecified atom stereocenters. The van der Waals surface area contributed by atoms with Crippen LogP contribution in [0.3, 0.4) is 0 Å². The third-order valence-electron chi connectivity index (χ3n) is 7.88. The van der Waals surface area contributed by atoms with Crippen molar-refractivity contribution in [3.63, 3.8) is 0 Å². The third-order valence-corrected chi connectivity index (χ3v) is 7.88. The van der Waals surface area contributed by atoms with E-state index in [4.69, 9.17) is 4.74 Å². The average Bonchev–Trinajstić information content (AvgIpc) is 2.80. The van der Waals surface area contributed by atoms with Crippen molar-refractivity contribution in [1.29, 1.82) is 0 Å². The summed E-state index contributed by atoms with van der Waals surface area (Å²) in [5.41, 5.74) is 0.689. The van der Waals surface area contributed by atoms with Gasteiger partial charge in [0, 0.05) is 25.7 Å². The molecule has 170 valence electrons. The van der Waals surface area contributed by atoms with E-state index in [0.717, 1.165) is 45.2 Å². The van der Waals surface area contributed by atoms with Gasteiger partial charge in [-0.3, -0.25) is 14.5 Å². The van der Waals surface area contributed by atoms with Crippen LogP contribution in [0, 0.1) is 17.3 Å². The second-order valence-corrected chi connectivity index (χ2v) is 9.80. The maximum Gasteiger partial charge on any atom is 0.309 e. The van der Waals surface area contributed by atoms with E-state index in [1.54, 1.807) is 0 Å². The molecular formula is C25H36N2O4. The molecule has 2 aliphatic carbocycles. The number of hydrogen-bond acceptors (Lipinski definition) is 4. The molecule has 1 aliphatic heterocycles. The summed E-state index contributed by atoms with van der Waals surface area (Å²) in [5.74, 6) is 0.0323. The van der Waals surface area contributed by atoms with Gasteiger partial charge in [0.05, 0.1) is 12.0 Å². The zero-order chi connectivity index (χ0) is 21.8. The zero-order valence-corrected chi connectivity index (χ0v) is 18.6. The predicted molar refractivity (Wildman–Crippen MR) is 119 cm³/mol. The first kappa shape index (κ1) is 22.3. The normalized spacial score (nSPS) is 33.6. The van der Waals surface area contributed by atoms with Crippen molar-refractivity contribution in [1.82, 2.24) is 10.2 Å². The van der Waals surface area contributed by atoms with Gasteiger partial charge in [-0.25, -0.2) is 0 Å². The molecule has 0 radical (unpaired) electrons. The van der Waals surface area contributed by atoms with Crippen LogP contribution in [-0.4, -0.2) is 60.3 Å². The Hall–Kier alpha value is -1.92. The van der Waals surface area contributed by atoms with Crippen LogP contribution in [0.1, 0.15) is 51.0 Å². The molecule has 6 nitrogen and oxygen atoms in total. The lowest BCUT2D eigenvalue weighted by atomic mass is 9.58. The Balaban J connectivity index is 1.31. The Bertz CT molecular complexity index is 770. The molecule has 3 fully saturated rings. The van der Waals surface area contributed by atoms with E-state index in [1.807, 2.05) is 13.0 Å². The highest BCUT2D eigenvalue weighted by Gasteiger charge is 2.49. The number of nitrogens with one attached hydrogen (secondary N) is 1. The summed E-state index contributed by atoms with van der Waals surface area (Å²) in [6, 6.07) is 10.5. The molecule has 6 heteroatoms. The number of carbonyl (C=O) groups excluding carboxylic acids is 1. The Morgan fingerprint density at radius 1 is 1.23 bits per heavy atom. The Labute approximate surface area is 185 Å². The van der Waals surface area contributed by atoms with Gasteiger partial charge in [0.2, 0.25) is 0 Å². The third kappa shape index (κ3) is 5.12. The van der Waals surface area contributed by atoms with Gasteiger partial charge in [-0.1, -0.05) is 37.3 Å². The van der Waals surface area contributed by atoms with Crippen molar-refractivity contribution < 1.29 is 19.4 Å². The topological polar surface area (TPSA) is 78.9 Å². The van der Waals surface area contributed by atoms with Crippen LogP contribution < -0.4 is 5.32 Å². The molecule has 2 saturated carbocycles. The second kappa shape index (κ2) is 9.70. The first-order valence-electron chi connectivity index (χ1n) is 11.9. The van der Waals surface area contributed by atoms with Gasteiger partial charge in [-0.2, -0.15) is 0 Å². The number of hydrogen-bond donors (Lipinski definition) is 2. The average molecular weight is 429 g/mol. The Morgan fingerprint density at radius 2 is 2.03 bits per heavy atom. The number of aliphatic carboxylic acids is 1. The van der Waals surface area contributed by atoms with Gasteiger partial charge in [0.1, 0.15) is 6.10 Å².